The first-order valence-corrected chi connectivity index (χ1v) is 7.58. The first kappa shape index (κ1) is 15.2. The number of hydrogen-bond acceptors (Lipinski definition) is 3. The predicted molar refractivity (Wildman–Crippen MR) is 91.7 cm³/mol. The molecule has 3 rings (SSSR count). The van der Waals surface area contributed by atoms with E-state index in [1.807, 2.05) is 43.3 Å². The number of aryl methyl sites for hydroxylation is 1. The maximum Gasteiger partial charge on any atom is 0.256 e. The molecule has 1 aromatic carbocycles. The molecule has 0 aliphatic heterocycles. The van der Waals surface area contributed by atoms with Crippen LogP contribution in [0.4, 0.5) is 5.82 Å². The lowest BCUT2D eigenvalue weighted by Crippen LogP contribution is -2.14. The third kappa shape index (κ3) is 3.08. The third-order valence-electron chi connectivity index (χ3n) is 3.81. The second-order valence-electron chi connectivity index (χ2n) is 6.70. The van der Waals surface area contributed by atoms with Crippen LogP contribution in [-0.2, 0) is 5.41 Å². The van der Waals surface area contributed by atoms with E-state index in [1.54, 1.807) is 0 Å². The number of fused-ring (bicyclic) bond motifs is 1. The van der Waals surface area contributed by atoms with Crippen molar-refractivity contribution in [1.29, 1.82) is 0 Å². The van der Waals surface area contributed by atoms with E-state index in [1.165, 1.54) is 5.56 Å². The van der Waals surface area contributed by atoms with Gasteiger partial charge in [0.2, 0.25) is 0 Å². The Bertz CT molecular complexity index is 857. The second-order valence-corrected chi connectivity index (χ2v) is 6.70. The van der Waals surface area contributed by atoms with Crippen molar-refractivity contribution < 1.29 is 4.79 Å². The van der Waals surface area contributed by atoms with E-state index in [0.29, 0.717) is 17.0 Å². The largest absolute Gasteiger partial charge is 0.305 e. The molecule has 1 amide bonds. The highest BCUT2D eigenvalue weighted by Crippen LogP contribution is 2.23. The van der Waals surface area contributed by atoms with Gasteiger partial charge in [-0.15, -0.1) is 0 Å². The van der Waals surface area contributed by atoms with Crippen LogP contribution >= 0.6 is 0 Å². The molecular weight excluding hydrogens is 288 g/mol. The Morgan fingerprint density at radius 2 is 1.78 bits per heavy atom. The Morgan fingerprint density at radius 3 is 2.43 bits per heavy atom. The first-order valence-electron chi connectivity index (χ1n) is 7.58. The zero-order valence-corrected chi connectivity index (χ0v) is 13.8. The number of hydrogen-bond donors (Lipinski definition) is 2. The van der Waals surface area contributed by atoms with E-state index in [2.05, 4.69) is 41.3 Å². The van der Waals surface area contributed by atoms with Gasteiger partial charge in [-0.05, 0) is 42.2 Å². The van der Waals surface area contributed by atoms with E-state index >= 15 is 0 Å². The molecule has 2 aromatic heterocycles. The van der Waals surface area contributed by atoms with Crippen molar-refractivity contribution in [3.05, 3.63) is 53.2 Å². The van der Waals surface area contributed by atoms with Crippen molar-refractivity contribution in [1.82, 2.24) is 15.2 Å². The number of H-pyrrole nitrogens is 1. The number of nitrogens with zero attached hydrogens (tertiary/aromatic N) is 2. The van der Waals surface area contributed by atoms with Crippen LogP contribution in [0.5, 0.6) is 0 Å². The van der Waals surface area contributed by atoms with Gasteiger partial charge in [-0.3, -0.25) is 9.89 Å². The SMILES string of the molecule is Cc1ccc2c(NC(=O)c3ccc(C(C)(C)C)cc3)n[nH]c2n1. The van der Waals surface area contributed by atoms with Crippen molar-refractivity contribution in [2.45, 2.75) is 33.1 Å². The minimum absolute atomic E-state index is 0.0664. The van der Waals surface area contributed by atoms with Gasteiger partial charge < -0.3 is 5.32 Å². The van der Waals surface area contributed by atoms with Gasteiger partial charge >= 0.3 is 0 Å². The monoisotopic (exact) mass is 308 g/mol. The Balaban J connectivity index is 1.83. The van der Waals surface area contributed by atoms with Crippen LogP contribution in [0.15, 0.2) is 36.4 Å². The van der Waals surface area contributed by atoms with Crippen LogP contribution in [0.1, 0.15) is 42.4 Å². The zero-order valence-electron chi connectivity index (χ0n) is 13.8. The molecule has 0 radical (unpaired) electrons. The van der Waals surface area contributed by atoms with E-state index < -0.39 is 0 Å². The lowest BCUT2D eigenvalue weighted by Gasteiger charge is -2.18. The van der Waals surface area contributed by atoms with Crippen LogP contribution < -0.4 is 5.32 Å². The normalized spacial score (nSPS) is 11.7. The molecule has 0 aliphatic rings. The second kappa shape index (κ2) is 5.50. The fraction of sp³-hybridized carbons (Fsp3) is 0.278. The van der Waals surface area contributed by atoms with Gasteiger partial charge in [0, 0.05) is 11.3 Å². The molecule has 3 aromatic rings. The fourth-order valence-electron chi connectivity index (χ4n) is 2.40. The Kier molecular flexibility index (Phi) is 3.64. The van der Waals surface area contributed by atoms with Gasteiger partial charge in [-0.25, -0.2) is 4.98 Å². The predicted octanol–water partition coefficient (Wildman–Crippen LogP) is 3.82. The average molecular weight is 308 g/mol. The molecule has 5 heteroatoms. The fourth-order valence-corrected chi connectivity index (χ4v) is 2.40. The summed E-state index contributed by atoms with van der Waals surface area (Å²) in [7, 11) is 0. The summed E-state index contributed by atoms with van der Waals surface area (Å²) in [5.41, 5.74) is 3.44. The van der Waals surface area contributed by atoms with Gasteiger partial charge in [-0.2, -0.15) is 5.10 Å². The van der Waals surface area contributed by atoms with E-state index in [0.717, 1.165) is 11.1 Å². The van der Waals surface area contributed by atoms with Crippen molar-refractivity contribution in [2.75, 3.05) is 5.32 Å². The Labute approximate surface area is 135 Å². The average Bonchev–Trinajstić information content (AvgIpc) is 2.88. The van der Waals surface area contributed by atoms with Crippen molar-refractivity contribution in [3.63, 3.8) is 0 Å². The van der Waals surface area contributed by atoms with Crippen molar-refractivity contribution in [2.24, 2.45) is 0 Å². The molecule has 0 unspecified atom stereocenters. The van der Waals surface area contributed by atoms with Gasteiger partial charge in [0.25, 0.3) is 5.91 Å². The summed E-state index contributed by atoms with van der Waals surface area (Å²) in [6.07, 6.45) is 0. The standard InChI is InChI=1S/C18H20N4O/c1-11-5-10-14-15(19-11)21-22-16(14)20-17(23)12-6-8-13(9-7-12)18(2,3)4/h5-10H,1-4H3,(H2,19,20,21,22,23). The summed E-state index contributed by atoms with van der Waals surface area (Å²) in [6, 6.07) is 11.5. The molecule has 23 heavy (non-hydrogen) atoms. The summed E-state index contributed by atoms with van der Waals surface area (Å²) < 4.78 is 0. The summed E-state index contributed by atoms with van der Waals surface area (Å²) in [5, 5.41) is 10.6. The Hall–Kier alpha value is -2.69. The third-order valence-corrected chi connectivity index (χ3v) is 3.81. The number of pyridine rings is 1. The molecule has 0 saturated carbocycles. The van der Waals surface area contributed by atoms with E-state index in [-0.39, 0.29) is 11.3 Å². The molecule has 0 bridgehead atoms. The first-order chi connectivity index (χ1) is 10.8. The lowest BCUT2D eigenvalue weighted by atomic mass is 9.87. The van der Waals surface area contributed by atoms with Crippen LogP contribution in [0, 0.1) is 6.92 Å². The Morgan fingerprint density at radius 1 is 1.09 bits per heavy atom. The molecule has 0 aliphatic carbocycles. The summed E-state index contributed by atoms with van der Waals surface area (Å²) in [6.45, 7) is 8.35. The van der Waals surface area contributed by atoms with Crippen molar-refractivity contribution >= 4 is 22.8 Å². The molecule has 0 atom stereocenters. The molecule has 0 saturated heterocycles. The van der Waals surface area contributed by atoms with Crippen LogP contribution in [0.2, 0.25) is 0 Å². The number of nitrogens with one attached hydrogen (secondary N) is 2. The van der Waals surface area contributed by atoms with Gasteiger partial charge in [-0.1, -0.05) is 32.9 Å². The van der Waals surface area contributed by atoms with Gasteiger partial charge in [0.15, 0.2) is 11.5 Å². The highest BCUT2D eigenvalue weighted by atomic mass is 16.1. The van der Waals surface area contributed by atoms with Crippen LogP contribution in [-0.4, -0.2) is 21.1 Å². The molecule has 2 N–H and O–H groups in total. The molecule has 2 heterocycles. The lowest BCUT2D eigenvalue weighted by molar-refractivity contribution is 0.102. The van der Waals surface area contributed by atoms with Crippen LogP contribution in [0.3, 0.4) is 0 Å². The maximum absolute atomic E-state index is 12.4. The molecule has 5 nitrogen and oxygen atoms in total. The topological polar surface area (TPSA) is 70.7 Å². The number of aromatic nitrogens is 3. The molecule has 118 valence electrons. The number of rotatable bonds is 2. The smallest absolute Gasteiger partial charge is 0.256 e. The number of aromatic amines is 1. The number of carbonyl (C=O) groups is 1. The quantitative estimate of drug-likeness (QED) is 0.756. The maximum atomic E-state index is 12.4. The summed E-state index contributed by atoms with van der Waals surface area (Å²) >= 11 is 0. The summed E-state index contributed by atoms with van der Waals surface area (Å²) in [4.78, 5) is 16.7. The van der Waals surface area contributed by atoms with E-state index in [9.17, 15) is 4.79 Å². The number of benzene rings is 1. The van der Waals surface area contributed by atoms with Gasteiger partial charge in [0.05, 0.1) is 5.39 Å². The molecule has 0 fully saturated rings. The highest BCUT2D eigenvalue weighted by molar-refractivity contribution is 6.07. The highest BCUT2D eigenvalue weighted by Gasteiger charge is 2.15. The number of amides is 1. The van der Waals surface area contributed by atoms with E-state index in [4.69, 9.17) is 0 Å². The van der Waals surface area contributed by atoms with Crippen molar-refractivity contribution in [3.8, 4) is 0 Å². The van der Waals surface area contributed by atoms with Gasteiger partial charge in [0.1, 0.15) is 0 Å². The molecular formula is C18H20N4O. The minimum Gasteiger partial charge on any atom is -0.305 e. The number of anilines is 1. The summed E-state index contributed by atoms with van der Waals surface area (Å²) in [5.74, 6) is 0.317. The van der Waals surface area contributed by atoms with Crippen LogP contribution in [0.25, 0.3) is 11.0 Å². The minimum atomic E-state index is -0.181. The molecule has 0 spiro atoms. The zero-order chi connectivity index (χ0) is 16.6. The number of carbonyl (C=O) groups excluding carboxylic acids is 1.